The van der Waals surface area contributed by atoms with E-state index in [1.807, 2.05) is 4.90 Å². The number of carbonyl (C=O) groups excluding carboxylic acids is 2. The quantitative estimate of drug-likeness (QED) is 0.795. The van der Waals surface area contributed by atoms with Gasteiger partial charge in [0.05, 0.1) is 24.0 Å². The Bertz CT molecular complexity index is 772. The van der Waals surface area contributed by atoms with Gasteiger partial charge in [0.15, 0.2) is 0 Å². The number of amides is 2. The first-order chi connectivity index (χ1) is 12.4. The van der Waals surface area contributed by atoms with Crippen LogP contribution in [0.4, 0.5) is 0 Å². The molecular weight excluding hydrogens is 358 g/mol. The summed E-state index contributed by atoms with van der Waals surface area (Å²) in [6.07, 6.45) is 1.53. The molecule has 2 saturated heterocycles. The summed E-state index contributed by atoms with van der Waals surface area (Å²) in [5.41, 5.74) is 0.386. The Labute approximate surface area is 152 Å². The second kappa shape index (κ2) is 7.73. The zero-order valence-electron chi connectivity index (χ0n) is 14.5. The van der Waals surface area contributed by atoms with Crippen molar-refractivity contribution in [3.63, 3.8) is 0 Å². The predicted octanol–water partition coefficient (Wildman–Crippen LogP) is 0.0450. The fourth-order valence-corrected chi connectivity index (χ4v) is 3.89. The monoisotopic (exact) mass is 381 g/mol. The highest BCUT2D eigenvalue weighted by Crippen LogP contribution is 2.21. The molecule has 26 heavy (non-hydrogen) atoms. The third-order valence-electron chi connectivity index (χ3n) is 4.81. The molecule has 0 unspecified atom stereocenters. The van der Waals surface area contributed by atoms with Gasteiger partial charge < -0.3 is 14.5 Å². The van der Waals surface area contributed by atoms with Gasteiger partial charge in [0, 0.05) is 31.7 Å². The number of nitrogens with zero attached hydrogens (tertiary/aromatic N) is 2. The Balaban J connectivity index is 1.66. The molecule has 2 aliphatic heterocycles. The Morgan fingerprint density at radius 1 is 1.04 bits per heavy atom. The molecule has 0 aromatic heterocycles. The van der Waals surface area contributed by atoms with Crippen LogP contribution < -0.4 is 5.14 Å². The number of morpholine rings is 1. The van der Waals surface area contributed by atoms with Crippen LogP contribution in [0, 0.1) is 5.92 Å². The summed E-state index contributed by atoms with van der Waals surface area (Å²) >= 11 is 0. The van der Waals surface area contributed by atoms with E-state index in [-0.39, 0.29) is 22.6 Å². The van der Waals surface area contributed by atoms with E-state index in [1.54, 1.807) is 4.90 Å². The van der Waals surface area contributed by atoms with Crippen LogP contribution in [0.25, 0.3) is 0 Å². The number of ether oxygens (including phenoxy) is 1. The molecule has 0 spiro atoms. The van der Waals surface area contributed by atoms with Gasteiger partial charge in [0.1, 0.15) is 0 Å². The van der Waals surface area contributed by atoms with E-state index >= 15 is 0 Å². The molecule has 2 N–H and O–H groups in total. The maximum Gasteiger partial charge on any atom is 0.253 e. The van der Waals surface area contributed by atoms with Gasteiger partial charge in [-0.3, -0.25) is 9.59 Å². The smallest absolute Gasteiger partial charge is 0.253 e. The Morgan fingerprint density at radius 3 is 2.31 bits per heavy atom. The summed E-state index contributed by atoms with van der Waals surface area (Å²) in [6, 6.07) is 5.55. The number of rotatable bonds is 3. The lowest BCUT2D eigenvalue weighted by Gasteiger charge is -2.36. The average Bonchev–Trinajstić information content (AvgIpc) is 2.67. The van der Waals surface area contributed by atoms with Crippen molar-refractivity contribution < 1.29 is 22.7 Å². The molecule has 2 aliphatic rings. The van der Waals surface area contributed by atoms with Crippen LogP contribution in [0.2, 0.25) is 0 Å². The summed E-state index contributed by atoms with van der Waals surface area (Å²) < 4.78 is 27.9. The molecule has 2 fully saturated rings. The van der Waals surface area contributed by atoms with Crippen LogP contribution in [0.15, 0.2) is 29.2 Å². The van der Waals surface area contributed by atoms with E-state index in [1.165, 1.54) is 24.3 Å². The van der Waals surface area contributed by atoms with Crippen LogP contribution in [0.1, 0.15) is 23.2 Å². The molecule has 3 rings (SSSR count). The van der Waals surface area contributed by atoms with Gasteiger partial charge in [-0.15, -0.1) is 0 Å². The zero-order chi connectivity index (χ0) is 18.7. The van der Waals surface area contributed by atoms with Crippen molar-refractivity contribution in [1.29, 1.82) is 0 Å². The predicted molar refractivity (Wildman–Crippen MR) is 93.8 cm³/mol. The molecule has 0 radical (unpaired) electrons. The number of primary sulfonamides is 1. The van der Waals surface area contributed by atoms with Gasteiger partial charge in [-0.2, -0.15) is 0 Å². The number of carbonyl (C=O) groups is 2. The van der Waals surface area contributed by atoms with Gasteiger partial charge >= 0.3 is 0 Å². The SMILES string of the molecule is NS(=O)(=O)c1ccc(C(=O)N2CCC[C@H](C(=O)N3CCOCC3)C2)cc1. The number of nitrogens with two attached hydrogens (primary N) is 1. The number of sulfonamides is 1. The standard InChI is InChI=1S/C17H23N3O5S/c18-26(23,24)15-5-3-13(4-6-15)16(21)20-7-1-2-14(12-20)17(22)19-8-10-25-11-9-19/h3-6,14H,1-2,7-12H2,(H2,18,23,24)/t14-/m0/s1. The molecule has 0 aliphatic carbocycles. The van der Waals surface area contributed by atoms with Crippen LogP contribution in [-0.4, -0.2) is 69.4 Å². The van der Waals surface area contributed by atoms with Crippen LogP contribution in [-0.2, 0) is 19.6 Å². The van der Waals surface area contributed by atoms with Crippen LogP contribution >= 0.6 is 0 Å². The Hall–Kier alpha value is -1.97. The van der Waals surface area contributed by atoms with Crippen molar-refractivity contribution in [3.05, 3.63) is 29.8 Å². The molecule has 142 valence electrons. The van der Waals surface area contributed by atoms with E-state index in [0.29, 0.717) is 45.0 Å². The summed E-state index contributed by atoms with van der Waals surface area (Å²) in [5.74, 6) is -0.324. The minimum Gasteiger partial charge on any atom is -0.378 e. The fraction of sp³-hybridized carbons (Fsp3) is 0.529. The normalized spacial score (nSPS) is 21.5. The summed E-state index contributed by atoms with van der Waals surface area (Å²) in [7, 11) is -3.79. The Kier molecular flexibility index (Phi) is 5.59. The summed E-state index contributed by atoms with van der Waals surface area (Å²) in [5, 5.41) is 5.07. The first-order valence-electron chi connectivity index (χ1n) is 8.65. The minimum atomic E-state index is -3.79. The molecule has 9 heteroatoms. The number of hydrogen-bond acceptors (Lipinski definition) is 5. The highest BCUT2D eigenvalue weighted by Gasteiger charge is 2.32. The van der Waals surface area contributed by atoms with Crippen molar-refractivity contribution in [2.24, 2.45) is 11.1 Å². The third-order valence-corrected chi connectivity index (χ3v) is 5.74. The molecule has 0 saturated carbocycles. The lowest BCUT2D eigenvalue weighted by atomic mass is 9.95. The van der Waals surface area contributed by atoms with Crippen LogP contribution in [0.3, 0.4) is 0 Å². The second-order valence-corrected chi connectivity index (χ2v) is 8.16. The minimum absolute atomic E-state index is 0.0342. The molecule has 1 aromatic carbocycles. The summed E-state index contributed by atoms with van der Waals surface area (Å²) in [6.45, 7) is 3.26. The number of benzene rings is 1. The maximum absolute atomic E-state index is 12.7. The van der Waals surface area contributed by atoms with Gasteiger partial charge in [-0.25, -0.2) is 13.6 Å². The van der Waals surface area contributed by atoms with Crippen molar-refractivity contribution in [3.8, 4) is 0 Å². The number of hydrogen-bond donors (Lipinski definition) is 1. The van der Waals surface area contributed by atoms with Gasteiger partial charge in [-0.1, -0.05) is 0 Å². The Morgan fingerprint density at radius 2 is 1.69 bits per heavy atom. The summed E-state index contributed by atoms with van der Waals surface area (Å²) in [4.78, 5) is 28.8. The first-order valence-corrected chi connectivity index (χ1v) is 10.2. The maximum atomic E-state index is 12.7. The van der Waals surface area contributed by atoms with E-state index in [9.17, 15) is 18.0 Å². The number of likely N-dealkylation sites (tertiary alicyclic amines) is 1. The van der Waals surface area contributed by atoms with Gasteiger partial charge in [0.25, 0.3) is 5.91 Å². The highest BCUT2D eigenvalue weighted by atomic mass is 32.2. The largest absolute Gasteiger partial charge is 0.378 e. The first kappa shape index (κ1) is 18.8. The van der Waals surface area contributed by atoms with Crippen molar-refractivity contribution in [2.45, 2.75) is 17.7 Å². The van der Waals surface area contributed by atoms with Crippen LogP contribution in [0.5, 0.6) is 0 Å². The van der Waals surface area contributed by atoms with Crippen molar-refractivity contribution in [2.75, 3.05) is 39.4 Å². The third kappa shape index (κ3) is 4.22. The van der Waals surface area contributed by atoms with E-state index in [4.69, 9.17) is 9.88 Å². The fourth-order valence-electron chi connectivity index (χ4n) is 3.37. The van der Waals surface area contributed by atoms with E-state index in [2.05, 4.69) is 0 Å². The molecule has 2 heterocycles. The highest BCUT2D eigenvalue weighted by molar-refractivity contribution is 7.89. The van der Waals surface area contributed by atoms with E-state index < -0.39 is 10.0 Å². The van der Waals surface area contributed by atoms with Crippen molar-refractivity contribution in [1.82, 2.24) is 9.80 Å². The molecule has 8 nitrogen and oxygen atoms in total. The second-order valence-electron chi connectivity index (χ2n) is 6.60. The number of piperidine rings is 1. The van der Waals surface area contributed by atoms with Gasteiger partial charge in [-0.05, 0) is 37.1 Å². The molecule has 0 bridgehead atoms. The average molecular weight is 381 g/mol. The molecule has 1 atom stereocenters. The van der Waals surface area contributed by atoms with Gasteiger partial charge in [0.2, 0.25) is 15.9 Å². The zero-order valence-corrected chi connectivity index (χ0v) is 15.3. The molecule has 1 aromatic rings. The molecular formula is C17H23N3O5S. The van der Waals surface area contributed by atoms with E-state index in [0.717, 1.165) is 12.8 Å². The van der Waals surface area contributed by atoms with Crippen molar-refractivity contribution >= 4 is 21.8 Å². The lowest BCUT2D eigenvalue weighted by molar-refractivity contribution is -0.141. The lowest BCUT2D eigenvalue weighted by Crippen LogP contribution is -2.49. The topological polar surface area (TPSA) is 110 Å². The molecule has 2 amide bonds.